The van der Waals surface area contributed by atoms with E-state index in [4.69, 9.17) is 16.3 Å². The molecule has 9 heteroatoms. The Bertz CT molecular complexity index is 1060. The zero-order valence-corrected chi connectivity index (χ0v) is 17.8. The second-order valence-corrected chi connectivity index (χ2v) is 7.66. The van der Waals surface area contributed by atoms with Crippen LogP contribution < -0.4 is 10.1 Å². The molecule has 30 heavy (non-hydrogen) atoms. The highest BCUT2D eigenvalue weighted by Crippen LogP contribution is 2.26. The van der Waals surface area contributed by atoms with Crippen molar-refractivity contribution >= 4 is 35.0 Å². The van der Waals surface area contributed by atoms with Crippen molar-refractivity contribution in [1.82, 2.24) is 14.8 Å². The Labute approximate surface area is 183 Å². The zero-order chi connectivity index (χ0) is 21.5. The van der Waals surface area contributed by atoms with E-state index in [1.54, 1.807) is 10.6 Å². The molecule has 0 radical (unpaired) electrons. The molecule has 0 bridgehead atoms. The van der Waals surface area contributed by atoms with E-state index in [9.17, 15) is 9.18 Å². The number of para-hydroxylation sites is 1. The van der Waals surface area contributed by atoms with Crippen molar-refractivity contribution in [2.24, 2.45) is 0 Å². The molecular formula is C21H20ClFN4O2S. The fourth-order valence-electron chi connectivity index (χ4n) is 2.61. The summed E-state index contributed by atoms with van der Waals surface area (Å²) in [6.07, 6.45) is 1.70. The molecule has 0 aliphatic rings. The molecule has 156 valence electrons. The summed E-state index contributed by atoms with van der Waals surface area (Å²) in [6, 6.07) is 11.5. The van der Waals surface area contributed by atoms with Gasteiger partial charge in [0.05, 0.1) is 10.8 Å². The van der Waals surface area contributed by atoms with Crippen molar-refractivity contribution in [3.63, 3.8) is 0 Å². The molecule has 0 aliphatic heterocycles. The molecule has 1 N–H and O–H groups in total. The summed E-state index contributed by atoms with van der Waals surface area (Å²) in [7, 11) is 0. The number of benzene rings is 2. The summed E-state index contributed by atoms with van der Waals surface area (Å²) in [5, 5.41) is 11.9. The van der Waals surface area contributed by atoms with Crippen LogP contribution in [0, 0.1) is 12.7 Å². The Morgan fingerprint density at radius 1 is 1.33 bits per heavy atom. The van der Waals surface area contributed by atoms with Gasteiger partial charge in [0.2, 0.25) is 5.91 Å². The van der Waals surface area contributed by atoms with Crippen molar-refractivity contribution < 1.29 is 13.9 Å². The summed E-state index contributed by atoms with van der Waals surface area (Å²) >= 11 is 7.26. The van der Waals surface area contributed by atoms with E-state index in [2.05, 4.69) is 22.1 Å². The van der Waals surface area contributed by atoms with Crippen molar-refractivity contribution in [3.8, 4) is 5.75 Å². The zero-order valence-electron chi connectivity index (χ0n) is 16.3. The number of carbonyl (C=O) groups excluding carboxylic acids is 1. The Kier molecular flexibility index (Phi) is 7.48. The van der Waals surface area contributed by atoms with E-state index in [1.165, 1.54) is 30.0 Å². The van der Waals surface area contributed by atoms with E-state index in [-0.39, 0.29) is 23.3 Å². The van der Waals surface area contributed by atoms with Crippen LogP contribution in [0.5, 0.6) is 5.75 Å². The fourth-order valence-corrected chi connectivity index (χ4v) is 3.60. The molecule has 0 aliphatic carbocycles. The van der Waals surface area contributed by atoms with Gasteiger partial charge >= 0.3 is 0 Å². The molecule has 1 heterocycles. The molecule has 0 atom stereocenters. The third-order valence-corrected chi connectivity index (χ3v) is 5.37. The number of hydrogen-bond donors (Lipinski definition) is 1. The normalized spacial score (nSPS) is 10.6. The molecule has 3 rings (SSSR count). The highest BCUT2D eigenvalue weighted by molar-refractivity contribution is 7.99. The largest absolute Gasteiger partial charge is 0.484 e. The summed E-state index contributed by atoms with van der Waals surface area (Å²) in [5.41, 5.74) is 1.77. The summed E-state index contributed by atoms with van der Waals surface area (Å²) < 4.78 is 20.6. The van der Waals surface area contributed by atoms with Crippen LogP contribution in [-0.2, 0) is 17.9 Å². The molecule has 1 aromatic heterocycles. The standard InChI is InChI=1S/C21H20ClFN4O2S/c1-3-10-27-19(12-29-18-9-8-15(23)11-16(18)22)25-26-21(27)30-13-20(28)24-17-7-5-4-6-14(17)2/h3-9,11H,1,10,12-13H2,2H3,(H,24,28). The smallest absolute Gasteiger partial charge is 0.234 e. The highest BCUT2D eigenvalue weighted by Gasteiger charge is 2.15. The van der Waals surface area contributed by atoms with Gasteiger partial charge in [-0.25, -0.2) is 4.39 Å². The van der Waals surface area contributed by atoms with E-state index in [0.29, 0.717) is 23.3 Å². The minimum Gasteiger partial charge on any atom is -0.484 e. The Balaban J connectivity index is 1.64. The van der Waals surface area contributed by atoms with Crippen LogP contribution in [-0.4, -0.2) is 26.4 Å². The van der Waals surface area contributed by atoms with Gasteiger partial charge < -0.3 is 10.1 Å². The maximum absolute atomic E-state index is 13.2. The fraction of sp³-hybridized carbons (Fsp3) is 0.190. The van der Waals surface area contributed by atoms with Gasteiger partial charge in [-0.3, -0.25) is 9.36 Å². The van der Waals surface area contributed by atoms with Crippen LogP contribution in [0.4, 0.5) is 10.1 Å². The predicted octanol–water partition coefficient (Wildman–Crippen LogP) is 4.87. The third-order valence-electron chi connectivity index (χ3n) is 4.11. The maximum Gasteiger partial charge on any atom is 0.234 e. The molecular weight excluding hydrogens is 427 g/mol. The van der Waals surface area contributed by atoms with Crippen LogP contribution in [0.2, 0.25) is 5.02 Å². The summed E-state index contributed by atoms with van der Waals surface area (Å²) in [5.74, 6) is 0.479. The average molecular weight is 447 g/mol. The first-order chi connectivity index (χ1) is 14.5. The number of aryl methyl sites for hydroxylation is 1. The first kappa shape index (κ1) is 21.9. The summed E-state index contributed by atoms with van der Waals surface area (Å²) in [6.45, 7) is 6.22. The Morgan fingerprint density at radius 2 is 2.13 bits per heavy atom. The van der Waals surface area contributed by atoms with Gasteiger partial charge in [0.25, 0.3) is 0 Å². The predicted molar refractivity (Wildman–Crippen MR) is 116 cm³/mol. The Hall–Kier alpha value is -2.84. The van der Waals surface area contributed by atoms with Crippen molar-refractivity contribution in [1.29, 1.82) is 0 Å². The van der Waals surface area contributed by atoms with E-state index in [1.807, 2.05) is 31.2 Å². The molecule has 6 nitrogen and oxygen atoms in total. The van der Waals surface area contributed by atoms with E-state index < -0.39 is 5.82 Å². The van der Waals surface area contributed by atoms with Crippen LogP contribution in [0.25, 0.3) is 0 Å². The van der Waals surface area contributed by atoms with Gasteiger partial charge in [0.15, 0.2) is 11.0 Å². The molecule has 3 aromatic rings. The lowest BCUT2D eigenvalue weighted by molar-refractivity contribution is -0.113. The second kappa shape index (κ2) is 10.3. The number of rotatable bonds is 9. The van der Waals surface area contributed by atoms with Gasteiger partial charge in [-0.1, -0.05) is 47.6 Å². The number of nitrogens with one attached hydrogen (secondary N) is 1. The van der Waals surface area contributed by atoms with E-state index in [0.717, 1.165) is 11.3 Å². The number of carbonyl (C=O) groups is 1. The van der Waals surface area contributed by atoms with Crippen molar-refractivity contribution in [2.75, 3.05) is 11.1 Å². The number of aromatic nitrogens is 3. The lowest BCUT2D eigenvalue weighted by Crippen LogP contribution is -2.15. The quantitative estimate of drug-likeness (QED) is 0.375. The molecule has 0 saturated carbocycles. The number of amides is 1. The summed E-state index contributed by atoms with van der Waals surface area (Å²) in [4.78, 5) is 12.3. The van der Waals surface area contributed by atoms with Crippen molar-refractivity contribution in [3.05, 3.63) is 77.3 Å². The van der Waals surface area contributed by atoms with Gasteiger partial charge in [-0.15, -0.1) is 16.8 Å². The maximum atomic E-state index is 13.2. The molecule has 0 spiro atoms. The lowest BCUT2D eigenvalue weighted by atomic mass is 10.2. The van der Waals surface area contributed by atoms with E-state index >= 15 is 0 Å². The van der Waals surface area contributed by atoms with Gasteiger partial charge in [-0.05, 0) is 36.8 Å². The number of allylic oxidation sites excluding steroid dienone is 1. The number of anilines is 1. The van der Waals surface area contributed by atoms with Crippen LogP contribution in [0.15, 0.2) is 60.3 Å². The average Bonchev–Trinajstić information content (AvgIpc) is 3.09. The number of halogens is 2. The van der Waals surface area contributed by atoms with Crippen LogP contribution in [0.3, 0.4) is 0 Å². The topological polar surface area (TPSA) is 69.0 Å². The molecule has 2 aromatic carbocycles. The number of thioether (sulfide) groups is 1. The monoisotopic (exact) mass is 446 g/mol. The number of ether oxygens (including phenoxy) is 1. The van der Waals surface area contributed by atoms with Crippen LogP contribution >= 0.6 is 23.4 Å². The molecule has 1 amide bonds. The lowest BCUT2D eigenvalue weighted by Gasteiger charge is -2.10. The van der Waals surface area contributed by atoms with Crippen molar-refractivity contribution in [2.45, 2.75) is 25.2 Å². The minimum atomic E-state index is -0.440. The first-order valence-electron chi connectivity index (χ1n) is 9.07. The number of hydrogen-bond acceptors (Lipinski definition) is 5. The van der Waals surface area contributed by atoms with Gasteiger partial charge in [-0.2, -0.15) is 0 Å². The second-order valence-electron chi connectivity index (χ2n) is 6.31. The Morgan fingerprint density at radius 3 is 2.87 bits per heavy atom. The van der Waals surface area contributed by atoms with Gasteiger partial charge in [0, 0.05) is 12.2 Å². The molecule has 0 saturated heterocycles. The first-order valence-corrected chi connectivity index (χ1v) is 10.4. The van der Waals surface area contributed by atoms with Crippen LogP contribution in [0.1, 0.15) is 11.4 Å². The highest BCUT2D eigenvalue weighted by atomic mass is 35.5. The minimum absolute atomic E-state index is 0.0855. The molecule has 0 fully saturated rings. The number of nitrogens with zero attached hydrogens (tertiary/aromatic N) is 3. The SMILES string of the molecule is C=CCn1c(COc2ccc(F)cc2Cl)nnc1SCC(=O)Nc1ccccc1C. The molecule has 0 unspecified atom stereocenters. The van der Waals surface area contributed by atoms with Gasteiger partial charge in [0.1, 0.15) is 18.2 Å². The third kappa shape index (κ3) is 5.61.